The van der Waals surface area contributed by atoms with Gasteiger partial charge in [-0.2, -0.15) is 0 Å². The molecule has 0 aliphatic carbocycles. The van der Waals surface area contributed by atoms with Crippen molar-refractivity contribution in [3.05, 3.63) is 62.1 Å². The molecule has 0 aliphatic rings. The maximum absolute atomic E-state index is 6.16. The van der Waals surface area contributed by atoms with Crippen LogP contribution in [0, 0.1) is 13.8 Å². The minimum absolute atomic E-state index is 0.642. The molecule has 4 heteroatoms. The Morgan fingerprint density at radius 2 is 1.76 bits per heavy atom. The van der Waals surface area contributed by atoms with Crippen LogP contribution in [-0.2, 0) is 0 Å². The van der Waals surface area contributed by atoms with Crippen LogP contribution in [0.15, 0.2) is 30.3 Å². The van der Waals surface area contributed by atoms with Gasteiger partial charge in [0, 0.05) is 10.0 Å². The van der Waals surface area contributed by atoms with Crippen molar-refractivity contribution >= 4 is 56.9 Å². The molecule has 1 nitrogen and oxygen atoms in total. The first-order chi connectivity index (χ1) is 10.0. The van der Waals surface area contributed by atoms with Crippen molar-refractivity contribution in [2.45, 2.75) is 13.8 Å². The Labute approximate surface area is 137 Å². The Balaban J connectivity index is 1.95. The molecular weight excluding hydrogens is 321 g/mol. The number of nitrogens with zero attached hydrogens (tertiary/aromatic N) is 1. The molecule has 1 heterocycles. The summed E-state index contributed by atoms with van der Waals surface area (Å²) in [6.07, 6.45) is 3.96. The van der Waals surface area contributed by atoms with Gasteiger partial charge in [-0.05, 0) is 60.9 Å². The molecule has 3 rings (SSSR count). The van der Waals surface area contributed by atoms with E-state index in [2.05, 4.69) is 31.0 Å². The van der Waals surface area contributed by atoms with Gasteiger partial charge in [0.2, 0.25) is 0 Å². The number of halogens is 2. The minimum Gasteiger partial charge on any atom is -0.237 e. The van der Waals surface area contributed by atoms with Crippen LogP contribution in [0.25, 0.3) is 22.4 Å². The van der Waals surface area contributed by atoms with Gasteiger partial charge in [0.05, 0.1) is 10.2 Å². The molecule has 2 aromatic carbocycles. The number of fused-ring (bicyclic) bond motifs is 1. The van der Waals surface area contributed by atoms with Gasteiger partial charge in [0.15, 0.2) is 0 Å². The maximum Gasteiger partial charge on any atom is 0.117 e. The van der Waals surface area contributed by atoms with Gasteiger partial charge in [-0.1, -0.05) is 35.3 Å². The predicted octanol–water partition coefficient (Wildman–Crippen LogP) is 6.39. The van der Waals surface area contributed by atoms with Gasteiger partial charge in [-0.3, -0.25) is 0 Å². The van der Waals surface area contributed by atoms with Crippen molar-refractivity contribution in [2.24, 2.45) is 0 Å². The van der Waals surface area contributed by atoms with Crippen molar-refractivity contribution in [1.82, 2.24) is 4.98 Å². The number of aromatic nitrogens is 1. The van der Waals surface area contributed by atoms with Gasteiger partial charge in [-0.15, -0.1) is 11.3 Å². The quantitative estimate of drug-likeness (QED) is 0.529. The molecule has 0 amide bonds. The summed E-state index contributed by atoms with van der Waals surface area (Å²) in [6.45, 7) is 4.23. The van der Waals surface area contributed by atoms with Crippen molar-refractivity contribution < 1.29 is 0 Å². The largest absolute Gasteiger partial charge is 0.237 e. The van der Waals surface area contributed by atoms with Gasteiger partial charge < -0.3 is 0 Å². The second-order valence-electron chi connectivity index (χ2n) is 4.96. The molecule has 0 spiro atoms. The van der Waals surface area contributed by atoms with E-state index in [1.807, 2.05) is 24.3 Å². The average molecular weight is 334 g/mol. The average Bonchev–Trinajstić information content (AvgIpc) is 2.80. The van der Waals surface area contributed by atoms with E-state index in [9.17, 15) is 0 Å². The first-order valence-electron chi connectivity index (χ1n) is 6.54. The summed E-state index contributed by atoms with van der Waals surface area (Å²) >= 11 is 13.7. The Kier molecular flexibility index (Phi) is 4.03. The van der Waals surface area contributed by atoms with Gasteiger partial charge in [0.25, 0.3) is 0 Å². The van der Waals surface area contributed by atoms with E-state index in [-0.39, 0.29) is 0 Å². The third-order valence-electron chi connectivity index (χ3n) is 3.39. The van der Waals surface area contributed by atoms with Crippen LogP contribution in [0.5, 0.6) is 0 Å². The Hall–Kier alpha value is -1.35. The van der Waals surface area contributed by atoms with Crippen LogP contribution in [0.1, 0.15) is 21.7 Å². The van der Waals surface area contributed by atoms with Crippen LogP contribution >= 0.6 is 34.5 Å². The second kappa shape index (κ2) is 5.80. The van der Waals surface area contributed by atoms with E-state index >= 15 is 0 Å². The molecule has 21 heavy (non-hydrogen) atoms. The highest BCUT2D eigenvalue weighted by Gasteiger charge is 2.04. The molecule has 0 N–H and O–H groups in total. The van der Waals surface area contributed by atoms with E-state index in [1.165, 1.54) is 15.8 Å². The standard InChI is InChI=1S/C17H13Cl2NS/c1-10-7-15-16(8-11(10)2)21-17(20-15)6-4-12-3-5-13(18)9-14(12)19/h3-9H,1-2H3. The Bertz CT molecular complexity index is 810. The van der Waals surface area contributed by atoms with Crippen LogP contribution < -0.4 is 0 Å². The van der Waals surface area contributed by atoms with Crippen molar-refractivity contribution in [1.29, 1.82) is 0 Å². The molecule has 0 saturated heterocycles. The normalized spacial score (nSPS) is 11.6. The molecule has 1 aromatic heterocycles. The summed E-state index contributed by atoms with van der Waals surface area (Å²) in [5, 5.41) is 2.26. The summed E-state index contributed by atoms with van der Waals surface area (Å²) in [6, 6.07) is 9.80. The Morgan fingerprint density at radius 3 is 2.52 bits per heavy atom. The number of aryl methyl sites for hydroxylation is 2. The highest BCUT2D eigenvalue weighted by molar-refractivity contribution is 7.19. The third-order valence-corrected chi connectivity index (χ3v) is 4.93. The van der Waals surface area contributed by atoms with Gasteiger partial charge in [0.1, 0.15) is 5.01 Å². The van der Waals surface area contributed by atoms with E-state index in [4.69, 9.17) is 23.2 Å². The minimum atomic E-state index is 0.642. The van der Waals surface area contributed by atoms with Gasteiger partial charge >= 0.3 is 0 Å². The highest BCUT2D eigenvalue weighted by Crippen LogP contribution is 2.27. The van der Waals surface area contributed by atoms with E-state index in [0.717, 1.165) is 16.1 Å². The molecule has 0 unspecified atom stereocenters. The zero-order valence-electron chi connectivity index (χ0n) is 11.7. The third kappa shape index (κ3) is 3.13. The van der Waals surface area contributed by atoms with Crippen LogP contribution in [0.4, 0.5) is 0 Å². The van der Waals surface area contributed by atoms with Crippen LogP contribution in [0.3, 0.4) is 0 Å². The van der Waals surface area contributed by atoms with Gasteiger partial charge in [-0.25, -0.2) is 4.98 Å². The monoisotopic (exact) mass is 333 g/mol. The van der Waals surface area contributed by atoms with Crippen LogP contribution in [0.2, 0.25) is 10.0 Å². The lowest BCUT2D eigenvalue weighted by molar-refractivity contribution is 1.35. The van der Waals surface area contributed by atoms with E-state index < -0.39 is 0 Å². The lowest BCUT2D eigenvalue weighted by atomic mass is 10.1. The predicted molar refractivity (Wildman–Crippen MR) is 94.5 cm³/mol. The van der Waals surface area contributed by atoms with E-state index in [1.54, 1.807) is 17.4 Å². The molecule has 0 atom stereocenters. The fraction of sp³-hybridized carbons (Fsp3) is 0.118. The summed E-state index contributed by atoms with van der Waals surface area (Å²) in [5.74, 6) is 0. The molecule has 106 valence electrons. The van der Waals surface area contributed by atoms with Crippen LogP contribution in [-0.4, -0.2) is 4.98 Å². The fourth-order valence-electron chi connectivity index (χ4n) is 2.07. The van der Waals surface area contributed by atoms with Crippen molar-refractivity contribution in [2.75, 3.05) is 0 Å². The molecule has 0 radical (unpaired) electrons. The molecule has 0 bridgehead atoms. The lowest BCUT2D eigenvalue weighted by Gasteiger charge is -1.97. The first kappa shape index (κ1) is 14.6. The van der Waals surface area contributed by atoms with E-state index in [0.29, 0.717) is 10.0 Å². The lowest BCUT2D eigenvalue weighted by Crippen LogP contribution is -1.79. The zero-order chi connectivity index (χ0) is 15.0. The molecular formula is C17H13Cl2NS. The topological polar surface area (TPSA) is 12.9 Å². The number of thiazole rings is 1. The summed E-state index contributed by atoms with van der Waals surface area (Å²) in [5.41, 5.74) is 4.55. The SMILES string of the molecule is Cc1cc2nc(C=Cc3ccc(Cl)cc3Cl)sc2cc1C. The second-order valence-corrected chi connectivity index (χ2v) is 6.86. The smallest absolute Gasteiger partial charge is 0.117 e. The summed E-state index contributed by atoms with van der Waals surface area (Å²) < 4.78 is 1.21. The molecule has 0 fully saturated rings. The molecule has 0 saturated carbocycles. The van der Waals surface area contributed by atoms with Crippen molar-refractivity contribution in [3.63, 3.8) is 0 Å². The number of hydrogen-bond acceptors (Lipinski definition) is 2. The number of rotatable bonds is 2. The first-order valence-corrected chi connectivity index (χ1v) is 8.11. The molecule has 3 aromatic rings. The summed E-state index contributed by atoms with van der Waals surface area (Å²) in [7, 11) is 0. The number of benzene rings is 2. The fourth-order valence-corrected chi connectivity index (χ4v) is 3.49. The Morgan fingerprint density at radius 1 is 1.00 bits per heavy atom. The zero-order valence-corrected chi connectivity index (χ0v) is 14.0. The number of hydrogen-bond donors (Lipinski definition) is 0. The summed E-state index contributed by atoms with van der Waals surface area (Å²) in [4.78, 5) is 4.64. The molecule has 0 aliphatic heterocycles. The maximum atomic E-state index is 6.16. The van der Waals surface area contributed by atoms with Crippen molar-refractivity contribution in [3.8, 4) is 0 Å². The highest BCUT2D eigenvalue weighted by atomic mass is 35.5.